The zero-order valence-electron chi connectivity index (χ0n) is 14.8. The number of aryl methyl sites for hydroxylation is 1. The van der Waals surface area contributed by atoms with Crippen LogP contribution in [0.4, 0.5) is 0 Å². The van der Waals surface area contributed by atoms with Crippen molar-refractivity contribution in [2.45, 2.75) is 40.7 Å². The van der Waals surface area contributed by atoms with Crippen LogP contribution in [0.1, 0.15) is 43.9 Å². The highest BCUT2D eigenvalue weighted by Gasteiger charge is 2.30. The largest absolute Gasteiger partial charge is 0.392 e. The maximum atomic E-state index is 12.4. The number of nitrogens with zero attached hydrogens (tertiary/aromatic N) is 2. The minimum atomic E-state index is -0.494. The van der Waals surface area contributed by atoms with Crippen molar-refractivity contribution in [2.24, 2.45) is 11.3 Å². The summed E-state index contributed by atoms with van der Waals surface area (Å²) in [6, 6.07) is 7.07. The Morgan fingerprint density at radius 1 is 1.38 bits per heavy atom. The number of aliphatic hydroxyl groups excluding tert-OH is 1. The first-order chi connectivity index (χ1) is 11.2. The van der Waals surface area contributed by atoms with Crippen molar-refractivity contribution in [3.8, 4) is 11.4 Å². The lowest BCUT2D eigenvalue weighted by atomic mass is 9.80. The predicted molar refractivity (Wildman–Crippen MR) is 91.4 cm³/mol. The zero-order chi connectivity index (χ0) is 17.9. The highest BCUT2D eigenvalue weighted by Crippen LogP contribution is 2.25. The molecule has 2 aromatic rings. The molecule has 6 nitrogen and oxygen atoms in total. The minimum absolute atomic E-state index is 0.127. The number of rotatable bonds is 6. The number of carbonyl (C=O) groups excluding carboxylic acids is 1. The molecular formula is C18H25N3O3. The number of nitrogens with one attached hydrogen (secondary N) is 1. The molecule has 0 aliphatic carbocycles. The van der Waals surface area contributed by atoms with Crippen LogP contribution in [0.5, 0.6) is 0 Å². The van der Waals surface area contributed by atoms with Gasteiger partial charge in [0.05, 0.1) is 6.10 Å². The molecule has 2 N–H and O–H groups in total. The second-order valence-electron chi connectivity index (χ2n) is 7.08. The Morgan fingerprint density at radius 3 is 2.67 bits per heavy atom. The smallest absolute Gasteiger partial charge is 0.251 e. The summed E-state index contributed by atoms with van der Waals surface area (Å²) >= 11 is 0. The van der Waals surface area contributed by atoms with Crippen LogP contribution in [0.15, 0.2) is 28.8 Å². The molecule has 0 saturated heterocycles. The number of hydrogen-bond donors (Lipinski definition) is 2. The lowest BCUT2D eigenvalue weighted by Crippen LogP contribution is -2.43. The average molecular weight is 331 g/mol. The standard InChI is InChI=1S/C18H25N3O3/c1-11(2)15(22)18(4,5)10-19-17(23)14-8-6-7-13(9-14)16-20-12(3)24-21-16/h6-9,11,15,22H,10H2,1-5H3,(H,19,23). The Balaban J connectivity index is 2.08. The molecule has 0 aliphatic heterocycles. The topological polar surface area (TPSA) is 88.2 Å². The molecule has 0 fully saturated rings. The third kappa shape index (κ3) is 4.20. The van der Waals surface area contributed by atoms with Crippen LogP contribution in [0.25, 0.3) is 11.4 Å². The monoisotopic (exact) mass is 331 g/mol. The lowest BCUT2D eigenvalue weighted by molar-refractivity contribution is 0.0138. The number of carbonyl (C=O) groups is 1. The van der Waals surface area contributed by atoms with Gasteiger partial charge in [0.25, 0.3) is 5.91 Å². The number of hydrogen-bond acceptors (Lipinski definition) is 5. The minimum Gasteiger partial charge on any atom is -0.392 e. The number of benzene rings is 1. The van der Waals surface area contributed by atoms with Gasteiger partial charge in [-0.3, -0.25) is 4.79 Å². The van der Waals surface area contributed by atoms with E-state index in [2.05, 4.69) is 15.5 Å². The van der Waals surface area contributed by atoms with E-state index in [0.717, 1.165) is 5.56 Å². The Kier molecular flexibility index (Phi) is 5.39. The first-order valence-electron chi connectivity index (χ1n) is 8.08. The van der Waals surface area contributed by atoms with E-state index >= 15 is 0 Å². The molecule has 0 radical (unpaired) electrons. The molecule has 1 heterocycles. The van der Waals surface area contributed by atoms with Gasteiger partial charge in [-0.1, -0.05) is 45.0 Å². The summed E-state index contributed by atoms with van der Waals surface area (Å²) in [5.41, 5.74) is 0.831. The van der Waals surface area contributed by atoms with E-state index < -0.39 is 11.5 Å². The third-order valence-corrected chi connectivity index (χ3v) is 4.05. The van der Waals surface area contributed by atoms with E-state index in [1.165, 1.54) is 0 Å². The number of aliphatic hydroxyl groups is 1. The van der Waals surface area contributed by atoms with Crippen LogP contribution in [0, 0.1) is 18.3 Å². The fourth-order valence-corrected chi connectivity index (χ4v) is 2.63. The van der Waals surface area contributed by atoms with Gasteiger partial charge in [-0.05, 0) is 18.1 Å². The van der Waals surface area contributed by atoms with Crippen molar-refractivity contribution >= 4 is 5.91 Å². The Hall–Kier alpha value is -2.21. The molecule has 1 aromatic heterocycles. The summed E-state index contributed by atoms with van der Waals surface area (Å²) in [7, 11) is 0. The van der Waals surface area contributed by atoms with Crippen molar-refractivity contribution < 1.29 is 14.4 Å². The van der Waals surface area contributed by atoms with Crippen molar-refractivity contribution in [1.82, 2.24) is 15.5 Å². The molecule has 130 valence electrons. The predicted octanol–water partition coefficient (Wildman–Crippen LogP) is 2.82. The highest BCUT2D eigenvalue weighted by atomic mass is 16.5. The fourth-order valence-electron chi connectivity index (χ4n) is 2.63. The number of aromatic nitrogens is 2. The molecule has 0 spiro atoms. The Labute approximate surface area is 142 Å². The van der Waals surface area contributed by atoms with Crippen LogP contribution in [0.3, 0.4) is 0 Å². The molecule has 6 heteroatoms. The molecule has 0 saturated carbocycles. The van der Waals surface area contributed by atoms with Gasteiger partial charge in [-0.15, -0.1) is 0 Å². The summed E-state index contributed by atoms with van der Waals surface area (Å²) in [6.07, 6.45) is -0.494. The maximum Gasteiger partial charge on any atom is 0.251 e. The first-order valence-corrected chi connectivity index (χ1v) is 8.08. The van der Waals surface area contributed by atoms with Crippen molar-refractivity contribution in [2.75, 3.05) is 6.54 Å². The van der Waals surface area contributed by atoms with Gasteiger partial charge in [0.2, 0.25) is 11.7 Å². The van der Waals surface area contributed by atoms with Crippen LogP contribution >= 0.6 is 0 Å². The van der Waals surface area contributed by atoms with Crippen molar-refractivity contribution in [1.29, 1.82) is 0 Å². The van der Waals surface area contributed by atoms with Crippen LogP contribution in [0.2, 0.25) is 0 Å². The SMILES string of the molecule is Cc1nc(-c2cccc(C(=O)NCC(C)(C)C(O)C(C)C)c2)no1. The molecule has 0 bridgehead atoms. The molecular weight excluding hydrogens is 306 g/mol. The third-order valence-electron chi connectivity index (χ3n) is 4.05. The molecule has 24 heavy (non-hydrogen) atoms. The van der Waals surface area contributed by atoms with Gasteiger partial charge < -0.3 is 14.9 Å². The Bertz CT molecular complexity index is 707. The maximum absolute atomic E-state index is 12.4. The van der Waals surface area contributed by atoms with Gasteiger partial charge in [-0.25, -0.2) is 0 Å². The van der Waals surface area contributed by atoms with E-state index in [4.69, 9.17) is 4.52 Å². The first kappa shape index (κ1) is 18.1. The van der Waals surface area contributed by atoms with E-state index in [-0.39, 0.29) is 11.8 Å². The van der Waals surface area contributed by atoms with Gasteiger partial charge in [0.15, 0.2) is 0 Å². The molecule has 0 aliphatic rings. The van der Waals surface area contributed by atoms with Crippen LogP contribution < -0.4 is 5.32 Å². The Morgan fingerprint density at radius 2 is 2.08 bits per heavy atom. The highest BCUT2D eigenvalue weighted by molar-refractivity contribution is 5.95. The van der Waals surface area contributed by atoms with Gasteiger partial charge in [0.1, 0.15) is 0 Å². The summed E-state index contributed by atoms with van der Waals surface area (Å²) < 4.78 is 4.97. The molecule has 2 rings (SSSR count). The summed E-state index contributed by atoms with van der Waals surface area (Å²) in [4.78, 5) is 16.6. The zero-order valence-corrected chi connectivity index (χ0v) is 14.8. The average Bonchev–Trinajstić information content (AvgIpc) is 2.98. The molecule has 1 amide bonds. The van der Waals surface area contributed by atoms with E-state index in [9.17, 15) is 9.90 Å². The van der Waals surface area contributed by atoms with Gasteiger partial charge in [-0.2, -0.15) is 4.98 Å². The van der Waals surface area contributed by atoms with Crippen LogP contribution in [-0.4, -0.2) is 33.8 Å². The van der Waals surface area contributed by atoms with E-state index in [1.807, 2.05) is 33.8 Å². The fraction of sp³-hybridized carbons (Fsp3) is 0.500. The van der Waals surface area contributed by atoms with Crippen molar-refractivity contribution in [3.05, 3.63) is 35.7 Å². The summed E-state index contributed by atoms with van der Waals surface area (Å²) in [5.74, 6) is 0.866. The van der Waals surface area contributed by atoms with E-state index in [0.29, 0.717) is 23.8 Å². The van der Waals surface area contributed by atoms with E-state index in [1.54, 1.807) is 25.1 Å². The molecule has 1 atom stereocenters. The number of amides is 1. The second kappa shape index (κ2) is 7.13. The summed E-state index contributed by atoms with van der Waals surface area (Å²) in [6.45, 7) is 9.91. The quantitative estimate of drug-likeness (QED) is 0.850. The van der Waals surface area contributed by atoms with Crippen molar-refractivity contribution in [3.63, 3.8) is 0 Å². The lowest BCUT2D eigenvalue weighted by Gasteiger charge is -2.33. The molecule has 1 aromatic carbocycles. The summed E-state index contributed by atoms with van der Waals surface area (Å²) in [5, 5.41) is 17.0. The normalized spacial score (nSPS) is 13.1. The van der Waals surface area contributed by atoms with Gasteiger partial charge >= 0.3 is 0 Å². The van der Waals surface area contributed by atoms with Crippen LogP contribution in [-0.2, 0) is 0 Å². The molecule has 1 unspecified atom stereocenters. The second-order valence-corrected chi connectivity index (χ2v) is 7.08. The van der Waals surface area contributed by atoms with Gasteiger partial charge in [0, 0.05) is 30.0 Å².